The largest absolute Gasteiger partial charge is 0.333 e. The molecule has 9 aliphatic rings. The van der Waals surface area contributed by atoms with Gasteiger partial charge in [-0.3, -0.25) is 9.59 Å². The second-order valence-corrected chi connectivity index (χ2v) is 19.1. The van der Waals surface area contributed by atoms with Crippen molar-refractivity contribution in [2.45, 2.75) is 156 Å². The van der Waals surface area contributed by atoms with Crippen LogP contribution < -0.4 is 10.6 Å². The van der Waals surface area contributed by atoms with E-state index in [0.29, 0.717) is 0 Å². The zero-order chi connectivity index (χ0) is 27.1. The molecule has 2 N–H and O–H groups in total. The molecule has 0 saturated heterocycles. The fraction of sp³-hybridized carbons (Fsp3) is 0.941. The molecule has 0 heterocycles. The lowest BCUT2D eigenvalue weighted by Gasteiger charge is -2.69. The van der Waals surface area contributed by atoms with E-state index in [2.05, 4.69) is 52.2 Å². The van der Waals surface area contributed by atoms with E-state index in [1.54, 1.807) is 0 Å². The van der Waals surface area contributed by atoms with E-state index < -0.39 is 5.66 Å². The van der Waals surface area contributed by atoms with Crippen LogP contribution in [0.25, 0.3) is 0 Å². The molecule has 2 amide bonds. The molecule has 9 saturated carbocycles. The quantitative estimate of drug-likeness (QED) is 0.373. The summed E-state index contributed by atoms with van der Waals surface area (Å²) >= 11 is 0. The smallest absolute Gasteiger partial charge is 0.228 e. The third-order valence-corrected chi connectivity index (χ3v) is 13.1. The minimum Gasteiger partial charge on any atom is -0.333 e. The van der Waals surface area contributed by atoms with E-state index in [1.165, 1.54) is 44.9 Å². The molecular formula is C34H54N2O2. The lowest BCUT2D eigenvalue weighted by atomic mass is 9.36. The molecule has 0 spiro atoms. The highest BCUT2D eigenvalue weighted by atomic mass is 16.2. The molecule has 38 heavy (non-hydrogen) atoms. The molecule has 9 aliphatic carbocycles. The van der Waals surface area contributed by atoms with Gasteiger partial charge < -0.3 is 10.6 Å². The van der Waals surface area contributed by atoms with Gasteiger partial charge in [0.15, 0.2) is 0 Å². The minimum absolute atomic E-state index is 0.263. The Kier molecular flexibility index (Phi) is 4.92. The van der Waals surface area contributed by atoms with Crippen molar-refractivity contribution in [3.05, 3.63) is 0 Å². The summed E-state index contributed by atoms with van der Waals surface area (Å²) in [6.07, 6.45) is 18.9. The van der Waals surface area contributed by atoms with Crippen LogP contribution in [0.2, 0.25) is 0 Å². The van der Waals surface area contributed by atoms with Crippen molar-refractivity contribution in [3.8, 4) is 0 Å². The first-order valence-corrected chi connectivity index (χ1v) is 16.1. The van der Waals surface area contributed by atoms with Gasteiger partial charge >= 0.3 is 0 Å². The molecule has 0 atom stereocenters. The molecule has 0 aromatic rings. The molecule has 0 aromatic carbocycles. The summed E-state index contributed by atoms with van der Waals surface area (Å²) < 4.78 is 0. The van der Waals surface area contributed by atoms with Crippen LogP contribution in [0.5, 0.6) is 0 Å². The molecule has 9 rings (SSSR count). The first-order valence-electron chi connectivity index (χ1n) is 16.1. The Balaban J connectivity index is 1.17. The molecule has 0 radical (unpaired) electrons. The van der Waals surface area contributed by atoms with Gasteiger partial charge in [0.25, 0.3) is 0 Å². The number of nitrogens with one attached hydrogen (secondary N) is 2. The van der Waals surface area contributed by atoms with Crippen LogP contribution in [0, 0.1) is 43.3 Å². The van der Waals surface area contributed by atoms with Crippen molar-refractivity contribution in [1.82, 2.24) is 10.6 Å². The number of carbonyl (C=O) groups is 2. The van der Waals surface area contributed by atoms with Gasteiger partial charge in [0.1, 0.15) is 5.66 Å². The summed E-state index contributed by atoms with van der Waals surface area (Å²) in [7, 11) is 0. The Bertz CT molecular complexity index is 899. The third-order valence-electron chi connectivity index (χ3n) is 13.1. The third kappa shape index (κ3) is 3.80. The Labute approximate surface area is 231 Å². The van der Waals surface area contributed by atoms with E-state index in [0.717, 1.165) is 64.2 Å². The van der Waals surface area contributed by atoms with E-state index in [1.807, 2.05) is 0 Å². The Morgan fingerprint density at radius 1 is 0.421 bits per heavy atom. The highest BCUT2D eigenvalue weighted by Gasteiger charge is 2.68. The predicted octanol–water partition coefficient (Wildman–Crippen LogP) is 7.65. The van der Waals surface area contributed by atoms with Crippen LogP contribution in [0.4, 0.5) is 0 Å². The maximum absolute atomic E-state index is 14.5. The number of amides is 2. The highest BCUT2D eigenvalue weighted by molar-refractivity contribution is 5.87. The van der Waals surface area contributed by atoms with Crippen molar-refractivity contribution >= 4 is 11.8 Å². The summed E-state index contributed by atoms with van der Waals surface area (Å²) in [6, 6.07) is 0. The van der Waals surface area contributed by atoms with Gasteiger partial charge in [0.2, 0.25) is 11.8 Å². The maximum atomic E-state index is 14.5. The fourth-order valence-electron chi connectivity index (χ4n) is 15.2. The standard InChI is InChI=1S/C34H54N2O2/c1-26-12-27(2)14-28(3,13-26)20-32(18-26,19-27)24(37)35-34(10-8-7-9-11-34)36-25(38)33-21-29(4)15-30(5,22-33)17-31(6,16-29)23-33/h7-23H2,1-6H3,(H,35,37)(H,36,38). The van der Waals surface area contributed by atoms with Crippen LogP contribution in [0.3, 0.4) is 0 Å². The zero-order valence-corrected chi connectivity index (χ0v) is 25.3. The maximum Gasteiger partial charge on any atom is 0.228 e. The normalized spacial score (nSPS) is 55.6. The van der Waals surface area contributed by atoms with Crippen LogP contribution in [0.1, 0.15) is 151 Å². The van der Waals surface area contributed by atoms with Gasteiger partial charge in [0.05, 0.1) is 10.8 Å². The van der Waals surface area contributed by atoms with Crippen LogP contribution in [-0.4, -0.2) is 17.5 Å². The summed E-state index contributed by atoms with van der Waals surface area (Å²) in [5.41, 5.74) is 0.557. The van der Waals surface area contributed by atoms with Crippen molar-refractivity contribution in [1.29, 1.82) is 0 Å². The van der Waals surface area contributed by atoms with Crippen molar-refractivity contribution in [2.24, 2.45) is 43.3 Å². The predicted molar refractivity (Wildman–Crippen MR) is 151 cm³/mol. The van der Waals surface area contributed by atoms with Gasteiger partial charge in [0, 0.05) is 0 Å². The van der Waals surface area contributed by atoms with E-state index in [4.69, 9.17) is 0 Å². The lowest BCUT2D eigenvalue weighted by molar-refractivity contribution is -0.197. The van der Waals surface area contributed by atoms with Gasteiger partial charge in [-0.15, -0.1) is 0 Å². The number of hydrogen-bond donors (Lipinski definition) is 2. The zero-order valence-electron chi connectivity index (χ0n) is 25.3. The van der Waals surface area contributed by atoms with Crippen LogP contribution >= 0.6 is 0 Å². The SMILES string of the molecule is CC12CC3(C)CC(C)(C1)CC(C(=O)NC1(NC(=O)C45CC6(C)CC(C)(CC(C)(C6)C4)C5)CCCCC1)(C2)C3. The molecule has 0 aliphatic heterocycles. The topological polar surface area (TPSA) is 58.2 Å². The highest BCUT2D eigenvalue weighted by Crippen LogP contribution is 2.75. The first-order chi connectivity index (χ1) is 17.4. The number of hydrogen-bond acceptors (Lipinski definition) is 2. The van der Waals surface area contributed by atoms with Gasteiger partial charge in [-0.25, -0.2) is 0 Å². The van der Waals surface area contributed by atoms with E-state index in [9.17, 15) is 9.59 Å². The van der Waals surface area contributed by atoms with Crippen LogP contribution in [-0.2, 0) is 9.59 Å². The van der Waals surface area contributed by atoms with Crippen molar-refractivity contribution in [3.63, 3.8) is 0 Å². The molecular weight excluding hydrogens is 468 g/mol. The summed E-state index contributed by atoms with van der Waals surface area (Å²) in [5.74, 6) is 0.526. The molecule has 9 fully saturated rings. The van der Waals surface area contributed by atoms with Gasteiger partial charge in [-0.05, 0) is 135 Å². The molecule has 0 aromatic heterocycles. The average Bonchev–Trinajstić information content (AvgIpc) is 2.67. The average molecular weight is 523 g/mol. The Hall–Kier alpha value is -1.06. The van der Waals surface area contributed by atoms with E-state index in [-0.39, 0.29) is 55.1 Å². The van der Waals surface area contributed by atoms with Gasteiger partial charge in [-0.1, -0.05) is 48.0 Å². The summed E-state index contributed by atoms with van der Waals surface area (Å²) in [5, 5.41) is 7.32. The fourth-order valence-corrected chi connectivity index (χ4v) is 15.2. The molecule has 8 bridgehead atoms. The number of carbonyl (C=O) groups excluding carboxylic acids is 2. The Morgan fingerprint density at radius 2 is 0.684 bits per heavy atom. The summed E-state index contributed by atoms with van der Waals surface area (Å²) in [4.78, 5) is 29.0. The van der Waals surface area contributed by atoms with Crippen molar-refractivity contribution < 1.29 is 9.59 Å². The van der Waals surface area contributed by atoms with Crippen molar-refractivity contribution in [2.75, 3.05) is 0 Å². The summed E-state index contributed by atoms with van der Waals surface area (Å²) in [6.45, 7) is 14.7. The van der Waals surface area contributed by atoms with Gasteiger partial charge in [-0.2, -0.15) is 0 Å². The first kappa shape index (κ1) is 25.9. The molecule has 212 valence electrons. The Morgan fingerprint density at radius 3 is 0.947 bits per heavy atom. The van der Waals surface area contributed by atoms with Crippen LogP contribution in [0.15, 0.2) is 0 Å². The minimum atomic E-state index is -0.565. The second kappa shape index (κ2) is 7.22. The van der Waals surface area contributed by atoms with E-state index >= 15 is 0 Å². The second-order valence-electron chi connectivity index (χ2n) is 19.1. The lowest BCUT2D eigenvalue weighted by Crippen LogP contribution is -2.70. The monoisotopic (exact) mass is 522 g/mol. The molecule has 4 nitrogen and oxygen atoms in total. The number of rotatable bonds is 4. The molecule has 0 unspecified atom stereocenters. The molecule has 4 heteroatoms.